The Balaban J connectivity index is 1.16. The third kappa shape index (κ3) is 3.73. The normalized spacial score (nSPS) is 22.3. The molecule has 1 aromatic carbocycles. The first-order valence-electron chi connectivity index (χ1n) is 14.0. The summed E-state index contributed by atoms with van der Waals surface area (Å²) in [4.78, 5) is 42.3. The molecule has 5 heterocycles. The molecule has 10 nitrogen and oxygen atoms in total. The SMILES string of the molecule is O=C(C1CC1)N1CCN2c3cnc(NCc4c(F)ccc5c4CCO5)n4cnc(c34)C(=O)N(C3CC3)C[C@H]2C1. The summed E-state index contributed by atoms with van der Waals surface area (Å²) in [5, 5.41) is 3.29. The molecular weight excluding hydrogens is 501 g/mol. The van der Waals surface area contributed by atoms with Crippen LogP contribution in [-0.2, 0) is 17.8 Å². The quantitative estimate of drug-likeness (QED) is 0.541. The van der Waals surface area contributed by atoms with Gasteiger partial charge in [0.2, 0.25) is 11.9 Å². The molecule has 2 amide bonds. The van der Waals surface area contributed by atoms with Crippen molar-refractivity contribution in [1.82, 2.24) is 24.2 Å². The van der Waals surface area contributed by atoms with E-state index in [4.69, 9.17) is 9.72 Å². The summed E-state index contributed by atoms with van der Waals surface area (Å²) < 4.78 is 22.2. The largest absolute Gasteiger partial charge is 0.493 e. The topological polar surface area (TPSA) is 95.3 Å². The summed E-state index contributed by atoms with van der Waals surface area (Å²) in [6, 6.07) is 3.32. The maximum Gasteiger partial charge on any atom is 0.275 e. The smallest absolute Gasteiger partial charge is 0.275 e. The zero-order valence-corrected chi connectivity index (χ0v) is 21.6. The molecule has 3 aliphatic heterocycles. The first-order valence-corrected chi connectivity index (χ1v) is 14.0. The standard InChI is InChI=1S/C28H30FN7O3/c29-21-5-6-23-19(7-10-39-23)20(21)11-30-28-31-12-22-25-24(32-15-36(25)28)27(38)35(17-3-4-17)14-18-13-33(8-9-34(18)22)26(37)16-1-2-16/h5-6,12,15-18H,1-4,7-11,13-14H2,(H,30,31)/t18-/m1/s1. The minimum Gasteiger partial charge on any atom is -0.493 e. The van der Waals surface area contributed by atoms with Crippen molar-refractivity contribution in [2.45, 2.75) is 50.7 Å². The van der Waals surface area contributed by atoms with Gasteiger partial charge < -0.3 is 24.8 Å². The molecule has 39 heavy (non-hydrogen) atoms. The van der Waals surface area contributed by atoms with E-state index in [1.165, 1.54) is 6.07 Å². The van der Waals surface area contributed by atoms with Crippen molar-refractivity contribution in [2.24, 2.45) is 5.92 Å². The highest BCUT2D eigenvalue weighted by Gasteiger charge is 2.43. The lowest BCUT2D eigenvalue weighted by Gasteiger charge is -2.45. The van der Waals surface area contributed by atoms with Crippen LogP contribution in [0.3, 0.4) is 0 Å². The number of amides is 2. The molecule has 8 rings (SSSR count). The number of halogens is 1. The van der Waals surface area contributed by atoms with E-state index >= 15 is 0 Å². The van der Waals surface area contributed by atoms with Crippen LogP contribution in [-0.4, -0.2) is 80.9 Å². The second-order valence-corrected chi connectivity index (χ2v) is 11.3. The van der Waals surface area contributed by atoms with Gasteiger partial charge in [-0.1, -0.05) is 0 Å². The third-order valence-electron chi connectivity index (χ3n) is 8.80. The third-order valence-corrected chi connectivity index (χ3v) is 8.80. The van der Waals surface area contributed by atoms with E-state index in [0.29, 0.717) is 61.9 Å². The van der Waals surface area contributed by atoms with Crippen LogP contribution >= 0.6 is 0 Å². The van der Waals surface area contributed by atoms with Gasteiger partial charge in [0.05, 0.1) is 24.5 Å². The molecule has 5 aliphatic rings. The van der Waals surface area contributed by atoms with Crippen LogP contribution in [0.25, 0.3) is 5.52 Å². The number of anilines is 2. The number of nitrogens with zero attached hydrogens (tertiary/aromatic N) is 6. The summed E-state index contributed by atoms with van der Waals surface area (Å²) in [7, 11) is 0. The molecule has 1 saturated heterocycles. The molecule has 1 N–H and O–H groups in total. The van der Waals surface area contributed by atoms with Crippen molar-refractivity contribution < 1.29 is 18.7 Å². The number of imidazole rings is 1. The number of ether oxygens (including phenoxy) is 1. The fourth-order valence-electron chi connectivity index (χ4n) is 6.44. The highest BCUT2D eigenvalue weighted by atomic mass is 19.1. The van der Waals surface area contributed by atoms with E-state index in [9.17, 15) is 14.0 Å². The Morgan fingerprint density at radius 3 is 2.77 bits per heavy atom. The van der Waals surface area contributed by atoms with Gasteiger partial charge in [-0.05, 0) is 37.8 Å². The predicted octanol–water partition coefficient (Wildman–Crippen LogP) is 2.46. The molecule has 0 radical (unpaired) electrons. The lowest BCUT2D eigenvalue weighted by Crippen LogP contribution is -2.60. The lowest BCUT2D eigenvalue weighted by atomic mass is 10.0. The minimum absolute atomic E-state index is 0.0144. The van der Waals surface area contributed by atoms with Crippen LogP contribution in [0.5, 0.6) is 5.75 Å². The van der Waals surface area contributed by atoms with Crippen LogP contribution < -0.4 is 15.0 Å². The zero-order chi connectivity index (χ0) is 26.2. The van der Waals surface area contributed by atoms with Gasteiger partial charge in [0.15, 0.2) is 5.69 Å². The highest BCUT2D eigenvalue weighted by Crippen LogP contribution is 2.38. The van der Waals surface area contributed by atoms with E-state index < -0.39 is 0 Å². The summed E-state index contributed by atoms with van der Waals surface area (Å²) in [6.45, 7) is 3.28. The van der Waals surface area contributed by atoms with E-state index in [2.05, 4.69) is 15.2 Å². The maximum atomic E-state index is 14.8. The highest BCUT2D eigenvalue weighted by molar-refractivity contribution is 6.03. The Morgan fingerprint density at radius 1 is 1.08 bits per heavy atom. The Morgan fingerprint density at radius 2 is 1.95 bits per heavy atom. The van der Waals surface area contributed by atoms with Crippen molar-refractivity contribution >= 4 is 29.0 Å². The maximum absolute atomic E-state index is 14.8. The second kappa shape index (κ2) is 8.56. The van der Waals surface area contributed by atoms with Crippen molar-refractivity contribution in [3.8, 4) is 5.75 Å². The van der Waals surface area contributed by atoms with Crippen LogP contribution in [0.4, 0.5) is 16.0 Å². The van der Waals surface area contributed by atoms with Gasteiger partial charge >= 0.3 is 0 Å². The predicted molar refractivity (Wildman–Crippen MR) is 140 cm³/mol. The fraction of sp³-hybridized carbons (Fsp3) is 0.500. The summed E-state index contributed by atoms with van der Waals surface area (Å²) in [5.74, 6) is 1.29. The second-order valence-electron chi connectivity index (χ2n) is 11.3. The minimum atomic E-state index is -0.281. The number of piperazine rings is 1. The van der Waals surface area contributed by atoms with Gasteiger partial charge in [0.25, 0.3) is 5.91 Å². The van der Waals surface area contributed by atoms with E-state index in [-0.39, 0.29) is 42.2 Å². The van der Waals surface area contributed by atoms with Crippen LogP contribution in [0, 0.1) is 11.7 Å². The van der Waals surface area contributed by atoms with Gasteiger partial charge in [0, 0.05) is 62.2 Å². The van der Waals surface area contributed by atoms with Crippen molar-refractivity contribution in [3.05, 3.63) is 47.3 Å². The molecule has 2 aliphatic carbocycles. The van der Waals surface area contributed by atoms with Gasteiger partial charge in [-0.15, -0.1) is 0 Å². The molecule has 3 fully saturated rings. The summed E-state index contributed by atoms with van der Waals surface area (Å²) in [5.41, 5.74) is 3.42. The molecule has 0 bridgehead atoms. The van der Waals surface area contributed by atoms with Crippen molar-refractivity contribution in [3.63, 3.8) is 0 Å². The Hall–Kier alpha value is -3.89. The first kappa shape index (κ1) is 23.0. The van der Waals surface area contributed by atoms with Gasteiger partial charge in [-0.25, -0.2) is 14.4 Å². The Bertz CT molecular complexity index is 1510. The number of hydrogen-bond donors (Lipinski definition) is 1. The lowest BCUT2D eigenvalue weighted by molar-refractivity contribution is -0.133. The van der Waals surface area contributed by atoms with Gasteiger partial charge in [-0.3, -0.25) is 14.0 Å². The average molecular weight is 532 g/mol. The molecule has 2 saturated carbocycles. The number of aromatic nitrogens is 3. The summed E-state index contributed by atoms with van der Waals surface area (Å²) >= 11 is 0. The van der Waals surface area contributed by atoms with Crippen molar-refractivity contribution in [1.29, 1.82) is 0 Å². The monoisotopic (exact) mass is 531 g/mol. The number of carbonyl (C=O) groups is 2. The molecule has 202 valence electrons. The van der Waals surface area contributed by atoms with Crippen LogP contribution in [0.15, 0.2) is 24.7 Å². The molecule has 0 spiro atoms. The molecule has 2 aromatic heterocycles. The van der Waals surface area contributed by atoms with Gasteiger partial charge in [-0.2, -0.15) is 0 Å². The number of hydrogen-bond acceptors (Lipinski definition) is 7. The van der Waals surface area contributed by atoms with E-state index in [1.807, 2.05) is 14.2 Å². The number of fused-ring (bicyclic) bond motifs is 3. The molecule has 3 aromatic rings. The summed E-state index contributed by atoms with van der Waals surface area (Å²) in [6.07, 6.45) is 8.05. The Labute approximate surface area is 224 Å². The molecule has 1 atom stereocenters. The Kier molecular flexibility index (Phi) is 5.05. The van der Waals surface area contributed by atoms with Crippen molar-refractivity contribution in [2.75, 3.05) is 43.0 Å². The number of nitrogens with one attached hydrogen (secondary N) is 1. The van der Waals surface area contributed by atoms with E-state index in [0.717, 1.165) is 42.7 Å². The number of rotatable bonds is 5. The van der Waals surface area contributed by atoms with Crippen LogP contribution in [0.2, 0.25) is 0 Å². The number of carbonyl (C=O) groups excluding carboxylic acids is 2. The molecule has 0 unspecified atom stereocenters. The fourth-order valence-corrected chi connectivity index (χ4v) is 6.44. The molecular formula is C28H30FN7O3. The van der Waals surface area contributed by atoms with Gasteiger partial charge in [0.1, 0.15) is 23.4 Å². The van der Waals surface area contributed by atoms with E-state index in [1.54, 1.807) is 18.6 Å². The number of benzene rings is 1. The van der Waals surface area contributed by atoms with Crippen LogP contribution in [0.1, 0.15) is 47.3 Å². The molecule has 11 heteroatoms. The average Bonchev–Trinajstić information content (AvgIpc) is 3.88. The zero-order valence-electron chi connectivity index (χ0n) is 21.6. The first-order chi connectivity index (χ1) is 19.1.